The van der Waals surface area contributed by atoms with Crippen LogP contribution in [0.3, 0.4) is 0 Å². The van der Waals surface area contributed by atoms with Gasteiger partial charge in [-0.25, -0.2) is 0 Å². The molecule has 0 aliphatic carbocycles. The minimum atomic E-state index is 0.755. The minimum Gasteiger partial charge on any atom is -0.493 e. The van der Waals surface area contributed by atoms with Crippen LogP contribution in [-0.4, -0.2) is 34.4 Å². The number of rotatable bonds is 8. The van der Waals surface area contributed by atoms with E-state index >= 15 is 0 Å². The molecule has 1 aromatic carbocycles. The molecule has 4 nitrogen and oxygen atoms in total. The van der Waals surface area contributed by atoms with Crippen molar-refractivity contribution in [1.29, 1.82) is 0 Å². The smallest absolute Gasteiger partial charge is 0.166 e. The normalized spacial score (nSPS) is 10.4. The van der Waals surface area contributed by atoms with Crippen LogP contribution in [0.25, 0.3) is 0 Å². The number of hydrogen-bond acceptors (Lipinski definition) is 4. The Hall–Kier alpha value is -0.780. The van der Waals surface area contributed by atoms with Crippen molar-refractivity contribution >= 4 is 15.9 Å². The Balaban J connectivity index is 2.68. The first kappa shape index (κ1) is 15.3. The molecule has 0 bridgehead atoms. The van der Waals surface area contributed by atoms with E-state index in [1.807, 2.05) is 19.2 Å². The van der Waals surface area contributed by atoms with Crippen LogP contribution >= 0.6 is 15.9 Å². The SMILES string of the molecule is CNCCCNCc1c(Br)ccc(OC)c1OC. The highest BCUT2D eigenvalue weighted by Crippen LogP contribution is 2.35. The number of methoxy groups -OCH3 is 2. The van der Waals surface area contributed by atoms with Crippen molar-refractivity contribution in [3.05, 3.63) is 22.2 Å². The minimum absolute atomic E-state index is 0.755. The van der Waals surface area contributed by atoms with E-state index in [2.05, 4.69) is 26.6 Å². The summed E-state index contributed by atoms with van der Waals surface area (Å²) in [6.07, 6.45) is 1.10. The molecular weight excluding hydrogens is 296 g/mol. The van der Waals surface area contributed by atoms with Gasteiger partial charge in [-0.2, -0.15) is 0 Å². The summed E-state index contributed by atoms with van der Waals surface area (Å²) in [7, 11) is 5.27. The molecule has 0 saturated heterocycles. The van der Waals surface area contributed by atoms with Gasteiger partial charge in [0.2, 0.25) is 0 Å². The molecule has 0 saturated carbocycles. The Kier molecular flexibility index (Phi) is 7.08. The molecule has 5 heteroatoms. The molecule has 1 rings (SSSR count). The second-order valence-electron chi connectivity index (χ2n) is 3.90. The van der Waals surface area contributed by atoms with Gasteiger partial charge in [-0.1, -0.05) is 15.9 Å². The quantitative estimate of drug-likeness (QED) is 0.721. The van der Waals surface area contributed by atoms with Gasteiger partial charge >= 0.3 is 0 Å². The highest BCUT2D eigenvalue weighted by Gasteiger charge is 2.12. The zero-order chi connectivity index (χ0) is 13.4. The Labute approximate surface area is 117 Å². The predicted molar refractivity (Wildman–Crippen MR) is 77.5 cm³/mol. The maximum absolute atomic E-state index is 5.42. The van der Waals surface area contributed by atoms with Gasteiger partial charge in [0.25, 0.3) is 0 Å². The monoisotopic (exact) mass is 316 g/mol. The van der Waals surface area contributed by atoms with Crippen LogP contribution < -0.4 is 20.1 Å². The molecule has 0 aliphatic heterocycles. The Morgan fingerprint density at radius 3 is 2.56 bits per heavy atom. The molecule has 18 heavy (non-hydrogen) atoms. The number of benzene rings is 1. The van der Waals surface area contributed by atoms with Gasteiger partial charge in [-0.3, -0.25) is 0 Å². The van der Waals surface area contributed by atoms with Crippen molar-refractivity contribution in [2.45, 2.75) is 13.0 Å². The zero-order valence-corrected chi connectivity index (χ0v) is 12.8. The molecule has 0 spiro atoms. The molecule has 0 fully saturated rings. The van der Waals surface area contributed by atoms with E-state index < -0.39 is 0 Å². The van der Waals surface area contributed by atoms with Crippen molar-refractivity contribution < 1.29 is 9.47 Å². The Morgan fingerprint density at radius 2 is 1.94 bits per heavy atom. The molecule has 0 heterocycles. The fourth-order valence-electron chi connectivity index (χ4n) is 1.74. The predicted octanol–water partition coefficient (Wildman–Crippen LogP) is 2.17. The Morgan fingerprint density at radius 1 is 1.17 bits per heavy atom. The first-order valence-electron chi connectivity index (χ1n) is 5.99. The van der Waals surface area contributed by atoms with Gasteiger partial charge in [-0.15, -0.1) is 0 Å². The summed E-state index contributed by atoms with van der Waals surface area (Å²) in [5.74, 6) is 1.54. The van der Waals surface area contributed by atoms with Crippen LogP contribution in [-0.2, 0) is 6.54 Å². The molecule has 0 amide bonds. The highest BCUT2D eigenvalue weighted by atomic mass is 79.9. The van der Waals surface area contributed by atoms with Crippen molar-refractivity contribution in [2.75, 3.05) is 34.4 Å². The van der Waals surface area contributed by atoms with E-state index in [1.54, 1.807) is 14.2 Å². The third kappa shape index (κ3) is 4.15. The van der Waals surface area contributed by atoms with Crippen molar-refractivity contribution in [3.8, 4) is 11.5 Å². The fourth-order valence-corrected chi connectivity index (χ4v) is 2.19. The lowest BCUT2D eigenvalue weighted by atomic mass is 10.2. The lowest BCUT2D eigenvalue weighted by Gasteiger charge is -2.15. The number of halogens is 1. The van der Waals surface area contributed by atoms with Crippen LogP contribution in [0.1, 0.15) is 12.0 Å². The van der Waals surface area contributed by atoms with Crippen LogP contribution in [0.2, 0.25) is 0 Å². The van der Waals surface area contributed by atoms with Gasteiger partial charge in [0.1, 0.15) is 0 Å². The van der Waals surface area contributed by atoms with Crippen molar-refractivity contribution in [1.82, 2.24) is 10.6 Å². The molecule has 2 N–H and O–H groups in total. The molecule has 0 unspecified atom stereocenters. The van der Waals surface area contributed by atoms with Crippen molar-refractivity contribution in [2.24, 2.45) is 0 Å². The zero-order valence-electron chi connectivity index (χ0n) is 11.2. The second-order valence-corrected chi connectivity index (χ2v) is 4.75. The lowest BCUT2D eigenvalue weighted by molar-refractivity contribution is 0.350. The average Bonchev–Trinajstić information content (AvgIpc) is 2.39. The number of nitrogens with one attached hydrogen (secondary N) is 2. The molecule has 1 aromatic rings. The molecule has 0 aromatic heterocycles. The summed E-state index contributed by atoms with van der Waals surface area (Å²) >= 11 is 3.55. The van der Waals surface area contributed by atoms with Gasteiger partial charge in [0.05, 0.1) is 14.2 Å². The summed E-state index contributed by atoms with van der Waals surface area (Å²) < 4.78 is 11.7. The highest BCUT2D eigenvalue weighted by molar-refractivity contribution is 9.10. The van der Waals surface area contributed by atoms with Crippen LogP contribution in [0, 0.1) is 0 Å². The standard InChI is InChI=1S/C13H21BrN2O2/c1-15-7-4-8-16-9-10-11(14)5-6-12(17-2)13(10)18-3/h5-6,15-16H,4,7-9H2,1-3H3. The van der Waals surface area contributed by atoms with Crippen LogP contribution in [0.5, 0.6) is 11.5 Å². The Bertz CT molecular complexity index is 372. The average molecular weight is 317 g/mol. The van der Waals surface area contributed by atoms with Gasteiger partial charge in [0, 0.05) is 16.6 Å². The molecule has 0 atom stereocenters. The molecule has 0 radical (unpaired) electrons. The summed E-state index contributed by atoms with van der Waals surface area (Å²) in [6.45, 7) is 2.74. The molecular formula is C13H21BrN2O2. The molecule has 0 aliphatic rings. The number of ether oxygens (including phenoxy) is 2. The lowest BCUT2D eigenvalue weighted by Crippen LogP contribution is -2.20. The molecule has 102 valence electrons. The second kappa shape index (κ2) is 8.34. The summed E-state index contributed by atoms with van der Waals surface area (Å²) in [5, 5.41) is 6.52. The van der Waals surface area contributed by atoms with E-state index in [1.165, 1.54) is 0 Å². The van der Waals surface area contributed by atoms with E-state index in [0.717, 1.165) is 47.6 Å². The van der Waals surface area contributed by atoms with E-state index in [0.29, 0.717) is 0 Å². The first-order chi connectivity index (χ1) is 8.74. The van der Waals surface area contributed by atoms with E-state index in [4.69, 9.17) is 9.47 Å². The van der Waals surface area contributed by atoms with E-state index in [-0.39, 0.29) is 0 Å². The maximum Gasteiger partial charge on any atom is 0.166 e. The van der Waals surface area contributed by atoms with E-state index in [9.17, 15) is 0 Å². The summed E-state index contributed by atoms with van der Waals surface area (Å²) in [5.41, 5.74) is 1.08. The fraction of sp³-hybridized carbons (Fsp3) is 0.538. The largest absolute Gasteiger partial charge is 0.493 e. The third-order valence-electron chi connectivity index (χ3n) is 2.67. The van der Waals surface area contributed by atoms with Gasteiger partial charge in [0.15, 0.2) is 11.5 Å². The summed E-state index contributed by atoms with van der Waals surface area (Å²) in [6, 6.07) is 3.87. The van der Waals surface area contributed by atoms with Crippen LogP contribution in [0.4, 0.5) is 0 Å². The third-order valence-corrected chi connectivity index (χ3v) is 3.42. The van der Waals surface area contributed by atoms with Gasteiger partial charge in [-0.05, 0) is 38.7 Å². The summed E-state index contributed by atoms with van der Waals surface area (Å²) in [4.78, 5) is 0. The van der Waals surface area contributed by atoms with Gasteiger partial charge < -0.3 is 20.1 Å². The topological polar surface area (TPSA) is 42.5 Å². The first-order valence-corrected chi connectivity index (χ1v) is 6.78. The van der Waals surface area contributed by atoms with Crippen molar-refractivity contribution in [3.63, 3.8) is 0 Å². The van der Waals surface area contributed by atoms with Crippen LogP contribution in [0.15, 0.2) is 16.6 Å². The number of hydrogen-bond donors (Lipinski definition) is 2. The maximum atomic E-state index is 5.42.